The molecule has 4 aliphatic heterocycles. The molecule has 0 unspecified atom stereocenters. The molecule has 0 bridgehead atoms. The van der Waals surface area contributed by atoms with E-state index in [0.29, 0.717) is 91.5 Å². The maximum absolute atomic E-state index is 13.7. The second-order valence-electron chi connectivity index (χ2n) is 41.1. The van der Waals surface area contributed by atoms with Gasteiger partial charge in [-0.3, -0.25) is 62.3 Å². The topological polar surface area (TPSA) is 428 Å². The van der Waals surface area contributed by atoms with Crippen LogP contribution in [-0.2, 0) is 88.0 Å². The van der Waals surface area contributed by atoms with Crippen LogP contribution in [-0.4, -0.2) is 327 Å². The molecule has 0 radical (unpaired) electrons. The number of amides is 12. The first-order valence-corrected chi connectivity index (χ1v) is 49.3. The van der Waals surface area contributed by atoms with Crippen LogP contribution in [0.25, 0.3) is 0 Å². The van der Waals surface area contributed by atoms with Crippen LogP contribution in [0.2, 0.25) is 0 Å². The molecule has 137 heavy (non-hydrogen) atoms. The predicted molar refractivity (Wildman–Crippen MR) is 539 cm³/mol. The van der Waals surface area contributed by atoms with Crippen molar-refractivity contribution in [2.45, 2.75) is 280 Å². The molecule has 33 heteroatoms. The van der Waals surface area contributed by atoms with E-state index in [1.807, 2.05) is 205 Å². The first-order valence-electron chi connectivity index (χ1n) is 49.3. The number of carbonyl (C=O) groups is 13. The Labute approximate surface area is 816 Å². The van der Waals surface area contributed by atoms with Crippen LogP contribution < -0.4 is 59.3 Å². The number of carboxylic acids is 1. The zero-order chi connectivity index (χ0) is 102. The summed E-state index contributed by atoms with van der Waals surface area (Å²) in [7, 11) is 8.62. The smallest absolute Gasteiger partial charge is 0.303 e. The molecule has 0 spiro atoms. The molecule has 4 saturated heterocycles. The summed E-state index contributed by atoms with van der Waals surface area (Å²) in [5, 5.41) is 35.5. The quantitative estimate of drug-likeness (QED) is 0.0236. The minimum Gasteiger partial charge on any atom is -0.481 e. The van der Waals surface area contributed by atoms with E-state index in [4.69, 9.17) is 16.6 Å². The van der Waals surface area contributed by atoms with Crippen molar-refractivity contribution in [1.82, 2.24) is 87.1 Å². The van der Waals surface area contributed by atoms with Gasteiger partial charge in [-0.1, -0.05) is 204 Å². The third kappa shape index (κ3) is 38.8. The number of rotatable bonds is 44. The molecule has 14 N–H and O–H groups in total. The maximum Gasteiger partial charge on any atom is 0.303 e. The largest absolute Gasteiger partial charge is 0.481 e. The van der Waals surface area contributed by atoms with Gasteiger partial charge in [-0.2, -0.15) is 0 Å². The number of nitrogens with one attached hydrogen (secondary N) is 9. The number of likely N-dealkylation sites (N-methyl/N-ethyl adjacent to an activating group) is 5. The van der Waals surface area contributed by atoms with Gasteiger partial charge in [0.05, 0.1) is 43.7 Å². The fourth-order valence-corrected chi connectivity index (χ4v) is 17.1. The molecular weight excluding hydrogens is 1740 g/mol. The Kier molecular flexibility index (Phi) is 49.6. The van der Waals surface area contributed by atoms with E-state index in [2.05, 4.69) is 72.1 Å². The van der Waals surface area contributed by atoms with E-state index in [1.54, 1.807) is 77.6 Å². The fraction of sp³-hybridized carbons (Fsp3) is 0.644. The van der Waals surface area contributed by atoms with Crippen LogP contribution in [0.5, 0.6) is 0 Å². The number of nitrogens with zero attached hydrogens (tertiary/aromatic N) is 8. The van der Waals surface area contributed by atoms with Crippen LogP contribution in [0.1, 0.15) is 204 Å². The lowest BCUT2D eigenvalue weighted by Crippen LogP contribution is -2.59. The second-order valence-corrected chi connectivity index (χ2v) is 41.1. The van der Waals surface area contributed by atoms with Gasteiger partial charge in [0.25, 0.3) is 0 Å². The third-order valence-electron chi connectivity index (χ3n) is 26.1. The summed E-state index contributed by atoms with van der Waals surface area (Å²) in [6.45, 7) is 37.4. The molecule has 8 rings (SSSR count). The van der Waals surface area contributed by atoms with E-state index < -0.39 is 69.9 Å². The van der Waals surface area contributed by atoms with Crippen LogP contribution >= 0.6 is 0 Å². The fourth-order valence-electron chi connectivity index (χ4n) is 17.1. The predicted octanol–water partition coefficient (Wildman–Crippen LogP) is 6.14. The zero-order valence-electron chi connectivity index (χ0n) is 86.2. The summed E-state index contributed by atoms with van der Waals surface area (Å²) in [6.07, 6.45) is 9.58. The monoisotopic (exact) mass is 1910 g/mol. The SMILES string of the molecule is CNCC(=O)N(CCc1ccccc1)C[C@@H]1CCCN1C(=O)[C@@H](NC(=O)[C@H](C)NC)C(C)(C)C.CN[C@@H](C)C(=O)N[C@H](C(=O)N1CCC[C@H]1CN(CCc1ccccc1)C(=O)CCC(=O)O)C(C)(C)C.CN[C@@H](C)C(=O)N[C@H](C(=O)N1CCC[C@H]1CN(CCc1ccccc1)C(=O)CCN)C(C)(C)C.CN[C@@H](C)C(=O)N[C@H](C(=O)N1CCC[C@H]1CN(CCc1ccccc1)C(=O)CN)C(C)(C)C. The van der Waals surface area contributed by atoms with Crippen molar-refractivity contribution in [3.8, 4) is 0 Å². The molecule has 12 atom stereocenters. The standard InChI is InChI=1S/C27H42N4O5.2C26H43N5O3.C25H41N5O3/c1-19(28-5)25(35)29-24(27(2,3)4)26(36)31-16-9-12-21(31)18-30(22(32)13-14-23(33)34)17-15-20-10-7-6-8-11-20;1-19(28-6)24(33)29-23(26(2,3)4)25(34)31-15-10-13-21(31)18-30(22(32)17-27-5)16-14-20-11-8-7-9-12-20;1-19(28-5)24(33)29-23(26(2,3)4)25(34)31-16-9-12-21(31)18-30(22(32)13-15-27)17-14-20-10-7-6-8-11-20;1-18(27-5)23(32)28-22(25(2,3)4)24(33)30-14-9-12-20(30)17-29(21(31)16-26)15-13-19-10-7-6-8-11-19/h6-8,10-11,19,21,24,28H,9,12-18H2,1-5H3,(H,29,35)(H,33,34);7-9,11-12,19,21,23,27-28H,10,13-18H2,1-6H3,(H,29,33);6-8,10-11,19,21,23,28H,9,12-18,27H2,1-5H3,(H,29,33);6-8,10-11,18,20,22,27H,9,12-17,26H2,1-5H3,(H,28,32)/t19-,21-,24+;2*19-,21-,23+;18-,20-,22+/m0000/s1. The average Bonchev–Trinajstić information content (AvgIpc) is 1.79. The minimum absolute atomic E-state index is 0.0150. The molecule has 33 nitrogen and oxygen atoms in total. The zero-order valence-corrected chi connectivity index (χ0v) is 86.2. The Balaban J connectivity index is 0.000000323. The van der Waals surface area contributed by atoms with E-state index in [9.17, 15) is 62.3 Å². The second kappa shape index (κ2) is 57.9. The highest BCUT2D eigenvalue weighted by Crippen LogP contribution is 2.32. The van der Waals surface area contributed by atoms with Crippen molar-refractivity contribution >= 4 is 76.9 Å². The number of hydrogen-bond acceptors (Lipinski definition) is 20. The van der Waals surface area contributed by atoms with Gasteiger partial charge in [0.1, 0.15) is 24.2 Å². The molecule has 4 aromatic carbocycles. The van der Waals surface area contributed by atoms with Gasteiger partial charge in [-0.25, -0.2) is 0 Å². The van der Waals surface area contributed by atoms with Crippen molar-refractivity contribution in [1.29, 1.82) is 0 Å². The Morgan fingerprint density at radius 3 is 0.774 bits per heavy atom. The Hall–Kier alpha value is -10.3. The van der Waals surface area contributed by atoms with Crippen LogP contribution in [0.15, 0.2) is 121 Å². The van der Waals surface area contributed by atoms with E-state index in [-0.39, 0.29) is 133 Å². The molecule has 0 aromatic heterocycles. The molecule has 0 saturated carbocycles. The lowest BCUT2D eigenvalue weighted by Gasteiger charge is -2.37. The summed E-state index contributed by atoms with van der Waals surface area (Å²) < 4.78 is 0. The van der Waals surface area contributed by atoms with E-state index in [1.165, 1.54) is 11.1 Å². The van der Waals surface area contributed by atoms with Crippen molar-refractivity contribution in [3.63, 3.8) is 0 Å². The van der Waals surface area contributed by atoms with Gasteiger partial charge in [0.15, 0.2) is 0 Å². The highest BCUT2D eigenvalue weighted by molar-refractivity contribution is 5.94. The van der Waals surface area contributed by atoms with Crippen molar-refractivity contribution in [3.05, 3.63) is 144 Å². The van der Waals surface area contributed by atoms with E-state index >= 15 is 0 Å². The molecule has 4 heterocycles. The number of aliphatic carboxylic acids is 1. The minimum atomic E-state index is -1.01. The van der Waals surface area contributed by atoms with Gasteiger partial charge in [-0.05, 0) is 184 Å². The Morgan fingerprint density at radius 2 is 0.569 bits per heavy atom. The van der Waals surface area contributed by atoms with Crippen molar-refractivity contribution < 1.29 is 67.4 Å². The normalized spacial score (nSPS) is 17.7. The van der Waals surface area contributed by atoms with Crippen molar-refractivity contribution in [2.24, 2.45) is 33.1 Å². The van der Waals surface area contributed by atoms with Crippen LogP contribution in [0, 0.1) is 21.7 Å². The van der Waals surface area contributed by atoms with Gasteiger partial charge in [0, 0.05) is 122 Å². The van der Waals surface area contributed by atoms with Gasteiger partial charge < -0.3 is 104 Å². The first kappa shape index (κ1) is 117. The summed E-state index contributed by atoms with van der Waals surface area (Å²) in [5.41, 5.74) is 14.1. The number of carbonyl (C=O) groups excluding carboxylic acids is 12. The van der Waals surface area contributed by atoms with Crippen LogP contribution in [0.4, 0.5) is 0 Å². The lowest BCUT2D eigenvalue weighted by molar-refractivity contribution is -0.143. The van der Waals surface area contributed by atoms with E-state index in [0.717, 1.165) is 81.8 Å². The number of carboxylic acid groups (broad SMARTS) is 1. The summed E-state index contributed by atoms with van der Waals surface area (Å²) in [4.78, 5) is 182. The molecule has 4 aromatic rings. The molecule has 764 valence electrons. The molecule has 4 aliphatic rings. The highest BCUT2D eigenvalue weighted by Gasteiger charge is 2.46. The molecular formula is C104H169N19O14. The number of benzene rings is 4. The number of nitrogens with two attached hydrogens (primary N) is 2. The summed E-state index contributed by atoms with van der Waals surface area (Å²) in [6, 6.07) is 35.4. The molecule has 4 fully saturated rings. The van der Waals surface area contributed by atoms with Crippen molar-refractivity contribution in [2.75, 3.05) is 133 Å². The van der Waals surface area contributed by atoms with Gasteiger partial charge in [0.2, 0.25) is 70.9 Å². The maximum atomic E-state index is 13.7. The highest BCUT2D eigenvalue weighted by atomic mass is 16.4. The average molecular weight is 1910 g/mol. The number of likely N-dealkylation sites (tertiary alicyclic amines) is 4. The first-order chi connectivity index (χ1) is 64.7. The summed E-state index contributed by atoms with van der Waals surface area (Å²) >= 11 is 0. The van der Waals surface area contributed by atoms with Crippen LogP contribution in [0.3, 0.4) is 0 Å². The molecule has 0 aliphatic carbocycles. The van der Waals surface area contributed by atoms with Gasteiger partial charge >= 0.3 is 5.97 Å². The van der Waals surface area contributed by atoms with Gasteiger partial charge in [-0.15, -0.1) is 0 Å². The Morgan fingerprint density at radius 1 is 0.343 bits per heavy atom. The lowest BCUT2D eigenvalue weighted by atomic mass is 9.85. The third-order valence-corrected chi connectivity index (χ3v) is 26.1. The summed E-state index contributed by atoms with van der Waals surface area (Å²) in [5.74, 6) is -2.55. The Bertz CT molecular complexity index is 4280. The number of hydrogen-bond donors (Lipinski definition) is 12. The molecule has 12 amide bonds.